The largest absolute Gasteiger partial charge is 0.497 e. The van der Waals surface area contributed by atoms with Gasteiger partial charge in [-0.3, -0.25) is 20.0 Å². The van der Waals surface area contributed by atoms with Crippen molar-refractivity contribution < 1.29 is 14.5 Å². The Morgan fingerprint density at radius 1 is 1.29 bits per heavy atom. The number of aromatic nitrogens is 2. The first-order valence-electron chi connectivity index (χ1n) is 7.95. The summed E-state index contributed by atoms with van der Waals surface area (Å²) in [7, 11) is 1.58. The van der Waals surface area contributed by atoms with Crippen LogP contribution in [0.4, 0.5) is 5.69 Å². The summed E-state index contributed by atoms with van der Waals surface area (Å²) >= 11 is 5.75. The molecule has 1 aromatic heterocycles. The molecule has 0 aliphatic heterocycles. The van der Waals surface area contributed by atoms with Gasteiger partial charge in [-0.2, -0.15) is 10.2 Å². The number of nitro benzene ring substituents is 1. The lowest BCUT2D eigenvalue weighted by atomic mass is 10.1. The van der Waals surface area contributed by atoms with Gasteiger partial charge in [-0.1, -0.05) is 17.7 Å². The van der Waals surface area contributed by atoms with Crippen LogP contribution in [0.1, 0.15) is 16.1 Å². The number of H-pyrrole nitrogens is 1. The Balaban J connectivity index is 1.67. The van der Waals surface area contributed by atoms with Gasteiger partial charge in [0.15, 0.2) is 0 Å². The number of rotatable bonds is 6. The van der Waals surface area contributed by atoms with Gasteiger partial charge in [-0.25, -0.2) is 5.43 Å². The van der Waals surface area contributed by atoms with Crippen molar-refractivity contribution in [2.45, 2.75) is 0 Å². The summed E-state index contributed by atoms with van der Waals surface area (Å²) in [5.74, 6) is 0.209. The maximum absolute atomic E-state index is 12.2. The van der Waals surface area contributed by atoms with E-state index in [-0.39, 0.29) is 16.4 Å². The van der Waals surface area contributed by atoms with E-state index in [1.165, 1.54) is 18.3 Å². The number of halogens is 1. The van der Waals surface area contributed by atoms with Gasteiger partial charge in [0.2, 0.25) is 0 Å². The summed E-state index contributed by atoms with van der Waals surface area (Å²) in [4.78, 5) is 22.5. The maximum Gasteiger partial charge on any atom is 0.289 e. The molecule has 0 spiro atoms. The molecule has 0 aliphatic rings. The van der Waals surface area contributed by atoms with Crippen LogP contribution in [0.15, 0.2) is 53.6 Å². The summed E-state index contributed by atoms with van der Waals surface area (Å²) in [6.07, 6.45) is 1.28. The standard InChI is InChI=1S/C18H14ClN5O4/c1-28-13-5-3-12(4-6-13)15-9-16(22-21-15)18(25)23-20-10-11-2-7-14(19)17(8-11)24(26)27/h2-10H,1H3,(H,21,22)(H,23,25)/b20-10+. The van der Waals surface area contributed by atoms with Gasteiger partial charge in [0.1, 0.15) is 16.5 Å². The third kappa shape index (κ3) is 4.33. The normalized spacial score (nSPS) is 10.8. The highest BCUT2D eigenvalue weighted by Crippen LogP contribution is 2.24. The second-order valence-corrected chi connectivity index (χ2v) is 5.97. The number of methoxy groups -OCH3 is 1. The van der Waals surface area contributed by atoms with E-state index in [1.54, 1.807) is 31.4 Å². The van der Waals surface area contributed by atoms with Crippen molar-refractivity contribution in [1.82, 2.24) is 15.6 Å². The lowest BCUT2D eigenvalue weighted by molar-refractivity contribution is -0.384. The van der Waals surface area contributed by atoms with E-state index in [9.17, 15) is 14.9 Å². The Kier molecular flexibility index (Phi) is 5.66. The number of carbonyl (C=O) groups is 1. The van der Waals surface area contributed by atoms with E-state index in [0.29, 0.717) is 17.0 Å². The van der Waals surface area contributed by atoms with Crippen molar-refractivity contribution in [3.63, 3.8) is 0 Å². The van der Waals surface area contributed by atoms with Crippen LogP contribution in [-0.2, 0) is 0 Å². The zero-order chi connectivity index (χ0) is 20.1. The third-order valence-corrected chi connectivity index (χ3v) is 4.07. The van der Waals surface area contributed by atoms with Crippen LogP contribution >= 0.6 is 11.6 Å². The molecule has 9 nitrogen and oxygen atoms in total. The summed E-state index contributed by atoms with van der Waals surface area (Å²) < 4.78 is 5.10. The number of hydrogen-bond donors (Lipinski definition) is 2. The number of carbonyl (C=O) groups excluding carboxylic acids is 1. The van der Waals surface area contributed by atoms with E-state index in [0.717, 1.165) is 5.56 Å². The predicted molar refractivity (Wildman–Crippen MR) is 104 cm³/mol. The molecule has 3 rings (SSSR count). The van der Waals surface area contributed by atoms with Gasteiger partial charge >= 0.3 is 0 Å². The van der Waals surface area contributed by atoms with E-state index < -0.39 is 10.8 Å². The molecule has 142 valence electrons. The second-order valence-electron chi connectivity index (χ2n) is 5.56. The van der Waals surface area contributed by atoms with Crippen molar-refractivity contribution in [2.24, 2.45) is 5.10 Å². The first-order valence-corrected chi connectivity index (χ1v) is 8.33. The fraction of sp³-hybridized carbons (Fsp3) is 0.0556. The average molecular weight is 400 g/mol. The molecule has 0 aliphatic carbocycles. The highest BCUT2D eigenvalue weighted by molar-refractivity contribution is 6.32. The highest BCUT2D eigenvalue weighted by Gasteiger charge is 2.13. The zero-order valence-corrected chi connectivity index (χ0v) is 15.3. The molecule has 2 aromatic carbocycles. The number of hydrogen-bond acceptors (Lipinski definition) is 6. The van der Waals surface area contributed by atoms with Gasteiger partial charge in [-0.05, 0) is 36.4 Å². The average Bonchev–Trinajstić information content (AvgIpc) is 3.19. The molecule has 1 heterocycles. The number of nitrogens with zero attached hydrogens (tertiary/aromatic N) is 3. The van der Waals surface area contributed by atoms with Crippen LogP contribution in [0.2, 0.25) is 5.02 Å². The zero-order valence-electron chi connectivity index (χ0n) is 14.5. The fourth-order valence-corrected chi connectivity index (χ4v) is 2.51. The van der Waals surface area contributed by atoms with Crippen LogP contribution in [0.5, 0.6) is 5.75 Å². The number of nitrogens with one attached hydrogen (secondary N) is 2. The number of hydrazone groups is 1. The molecule has 0 atom stereocenters. The van der Waals surface area contributed by atoms with Crippen molar-refractivity contribution >= 4 is 29.4 Å². The Morgan fingerprint density at radius 3 is 2.71 bits per heavy atom. The molecule has 3 aromatic rings. The Bertz CT molecular complexity index is 1050. The first-order chi connectivity index (χ1) is 13.5. The molecular weight excluding hydrogens is 386 g/mol. The molecule has 0 bridgehead atoms. The van der Waals surface area contributed by atoms with E-state index in [1.807, 2.05) is 12.1 Å². The van der Waals surface area contributed by atoms with Crippen LogP contribution < -0.4 is 10.2 Å². The number of aromatic amines is 1. The molecule has 0 saturated carbocycles. The predicted octanol–water partition coefficient (Wildman–Crippen LogP) is 3.41. The van der Waals surface area contributed by atoms with Gasteiger partial charge < -0.3 is 4.74 Å². The molecule has 0 fully saturated rings. The Morgan fingerprint density at radius 2 is 2.04 bits per heavy atom. The van der Waals surface area contributed by atoms with Crippen LogP contribution in [-0.4, -0.2) is 34.4 Å². The lowest BCUT2D eigenvalue weighted by Crippen LogP contribution is -2.18. The third-order valence-electron chi connectivity index (χ3n) is 3.75. The quantitative estimate of drug-likeness (QED) is 0.373. The SMILES string of the molecule is COc1ccc(-c2cc(C(=O)N/N=C/c3ccc(Cl)c([N+](=O)[O-])c3)[nH]n2)cc1. The second kappa shape index (κ2) is 8.31. The Labute approximate surface area is 164 Å². The number of ether oxygens (including phenoxy) is 1. The molecule has 0 radical (unpaired) electrons. The van der Waals surface area contributed by atoms with Gasteiger partial charge in [-0.15, -0.1) is 0 Å². The molecule has 28 heavy (non-hydrogen) atoms. The molecule has 10 heteroatoms. The molecule has 0 saturated heterocycles. The van der Waals surface area contributed by atoms with Crippen LogP contribution in [0.25, 0.3) is 11.3 Å². The number of nitro groups is 1. The lowest BCUT2D eigenvalue weighted by Gasteiger charge is -2.00. The fourth-order valence-electron chi connectivity index (χ4n) is 2.32. The van der Waals surface area contributed by atoms with Crippen molar-refractivity contribution in [3.8, 4) is 17.0 Å². The van der Waals surface area contributed by atoms with Gasteiger partial charge in [0.25, 0.3) is 11.6 Å². The minimum Gasteiger partial charge on any atom is -0.497 e. The summed E-state index contributed by atoms with van der Waals surface area (Å²) in [5, 5.41) is 21.4. The summed E-state index contributed by atoms with van der Waals surface area (Å²) in [5.41, 5.74) is 4.12. The maximum atomic E-state index is 12.2. The molecule has 2 N–H and O–H groups in total. The minimum atomic E-state index is -0.594. The highest BCUT2D eigenvalue weighted by atomic mass is 35.5. The molecular formula is C18H14ClN5O4. The van der Waals surface area contributed by atoms with Crippen molar-refractivity contribution in [1.29, 1.82) is 0 Å². The minimum absolute atomic E-state index is 0.0229. The van der Waals surface area contributed by atoms with Crippen molar-refractivity contribution in [2.75, 3.05) is 7.11 Å². The van der Waals surface area contributed by atoms with E-state index in [4.69, 9.17) is 16.3 Å². The molecule has 0 unspecified atom stereocenters. The summed E-state index contributed by atoms with van der Waals surface area (Å²) in [6, 6.07) is 13.0. The van der Waals surface area contributed by atoms with Crippen LogP contribution in [0.3, 0.4) is 0 Å². The van der Waals surface area contributed by atoms with E-state index >= 15 is 0 Å². The number of benzene rings is 2. The van der Waals surface area contributed by atoms with Gasteiger partial charge in [0, 0.05) is 17.2 Å². The van der Waals surface area contributed by atoms with Crippen molar-refractivity contribution in [3.05, 3.63) is 74.9 Å². The smallest absolute Gasteiger partial charge is 0.289 e. The monoisotopic (exact) mass is 399 g/mol. The van der Waals surface area contributed by atoms with Gasteiger partial charge in [0.05, 0.1) is 23.9 Å². The van der Waals surface area contributed by atoms with Crippen LogP contribution in [0, 0.1) is 10.1 Å². The number of amides is 1. The topological polar surface area (TPSA) is 123 Å². The Hall–Kier alpha value is -3.72. The first kappa shape index (κ1) is 19.1. The molecule has 1 amide bonds. The summed E-state index contributed by atoms with van der Waals surface area (Å²) in [6.45, 7) is 0. The van der Waals surface area contributed by atoms with E-state index in [2.05, 4.69) is 20.7 Å².